The molecule has 0 unspecified atom stereocenters. The molecule has 0 spiro atoms. The molecular weight excluding hydrogens is 276 g/mol. The minimum atomic E-state index is 0.0935. The van der Waals surface area contributed by atoms with Crippen molar-refractivity contribution in [3.8, 4) is 11.5 Å². The van der Waals surface area contributed by atoms with E-state index < -0.39 is 0 Å². The van der Waals surface area contributed by atoms with Crippen molar-refractivity contribution in [2.45, 2.75) is 12.8 Å². The van der Waals surface area contributed by atoms with Gasteiger partial charge in [-0.1, -0.05) is 18.2 Å². The number of carbonyl (C=O) groups excluding carboxylic acids is 1. The number of carbonyl (C=O) groups is 1. The van der Waals surface area contributed by atoms with Gasteiger partial charge in [-0.25, -0.2) is 0 Å². The van der Waals surface area contributed by atoms with Gasteiger partial charge in [-0.15, -0.1) is 0 Å². The van der Waals surface area contributed by atoms with E-state index in [1.165, 1.54) is 0 Å². The van der Waals surface area contributed by atoms with E-state index in [1.54, 1.807) is 14.2 Å². The second kappa shape index (κ2) is 6.06. The summed E-state index contributed by atoms with van der Waals surface area (Å²) >= 11 is 0. The average Bonchev–Trinajstić information content (AvgIpc) is 2.58. The Balaban J connectivity index is 1.92. The molecule has 2 aromatic carbocycles. The summed E-state index contributed by atoms with van der Waals surface area (Å²) < 4.78 is 10.4. The largest absolute Gasteiger partial charge is 0.497 e. The summed E-state index contributed by atoms with van der Waals surface area (Å²) in [6.07, 6.45) is 3.61. The van der Waals surface area contributed by atoms with Gasteiger partial charge in [-0.3, -0.25) is 4.79 Å². The number of Topliss-reactive ketones (excluding diaryl/α,β-unsaturated/α-hetero) is 1. The number of methoxy groups -OCH3 is 2. The summed E-state index contributed by atoms with van der Waals surface area (Å²) in [4.78, 5) is 12.7. The lowest BCUT2D eigenvalue weighted by atomic mass is 9.86. The predicted molar refractivity (Wildman–Crippen MR) is 86.6 cm³/mol. The molecule has 3 nitrogen and oxygen atoms in total. The highest BCUT2D eigenvalue weighted by Crippen LogP contribution is 2.29. The Morgan fingerprint density at radius 2 is 1.59 bits per heavy atom. The summed E-state index contributed by atoms with van der Waals surface area (Å²) in [5.41, 5.74) is 3.70. The van der Waals surface area contributed by atoms with E-state index in [1.807, 2.05) is 48.5 Å². The summed E-state index contributed by atoms with van der Waals surface area (Å²) in [6, 6.07) is 13.4. The van der Waals surface area contributed by atoms with Crippen LogP contribution in [0.4, 0.5) is 0 Å². The van der Waals surface area contributed by atoms with Gasteiger partial charge in [0.2, 0.25) is 0 Å². The third-order valence-corrected chi connectivity index (χ3v) is 3.97. The van der Waals surface area contributed by atoms with Crippen LogP contribution in [0.1, 0.15) is 27.9 Å². The maximum absolute atomic E-state index is 12.7. The van der Waals surface area contributed by atoms with Crippen molar-refractivity contribution in [1.29, 1.82) is 0 Å². The molecule has 0 heterocycles. The number of allylic oxidation sites excluding steroid dienone is 1. The molecule has 0 aromatic heterocycles. The lowest BCUT2D eigenvalue weighted by Crippen LogP contribution is -2.14. The Hall–Kier alpha value is -2.55. The van der Waals surface area contributed by atoms with Gasteiger partial charge in [0.15, 0.2) is 5.78 Å². The first-order valence-electron chi connectivity index (χ1n) is 7.27. The smallest absolute Gasteiger partial charge is 0.189 e. The summed E-state index contributed by atoms with van der Waals surface area (Å²) in [7, 11) is 3.26. The van der Waals surface area contributed by atoms with Gasteiger partial charge in [0.1, 0.15) is 11.5 Å². The van der Waals surface area contributed by atoms with Gasteiger partial charge in [-0.05, 0) is 54.3 Å². The van der Waals surface area contributed by atoms with E-state index in [0.29, 0.717) is 0 Å². The van der Waals surface area contributed by atoms with E-state index in [0.717, 1.165) is 46.6 Å². The molecule has 1 aliphatic rings. The maximum atomic E-state index is 12.7. The minimum absolute atomic E-state index is 0.0935. The van der Waals surface area contributed by atoms with Crippen LogP contribution in [0.5, 0.6) is 11.5 Å². The van der Waals surface area contributed by atoms with Crippen LogP contribution >= 0.6 is 0 Å². The van der Waals surface area contributed by atoms with Crippen molar-refractivity contribution in [3.63, 3.8) is 0 Å². The molecule has 2 aromatic rings. The molecular formula is C19H18O3. The molecule has 22 heavy (non-hydrogen) atoms. The highest BCUT2D eigenvalue weighted by Gasteiger charge is 2.22. The van der Waals surface area contributed by atoms with Crippen LogP contribution in [0.2, 0.25) is 0 Å². The highest BCUT2D eigenvalue weighted by molar-refractivity contribution is 6.13. The summed E-state index contributed by atoms with van der Waals surface area (Å²) in [6.45, 7) is 0. The topological polar surface area (TPSA) is 35.5 Å². The van der Waals surface area contributed by atoms with Crippen LogP contribution in [0.25, 0.3) is 6.08 Å². The van der Waals surface area contributed by atoms with Crippen LogP contribution in [0, 0.1) is 0 Å². The third-order valence-electron chi connectivity index (χ3n) is 3.97. The van der Waals surface area contributed by atoms with Crippen LogP contribution in [0.15, 0.2) is 48.0 Å². The molecule has 0 N–H and O–H groups in total. The van der Waals surface area contributed by atoms with E-state index >= 15 is 0 Å². The number of hydrogen-bond acceptors (Lipinski definition) is 3. The van der Waals surface area contributed by atoms with Crippen LogP contribution in [-0.4, -0.2) is 20.0 Å². The summed E-state index contributed by atoms with van der Waals surface area (Å²) in [5, 5.41) is 0. The minimum Gasteiger partial charge on any atom is -0.497 e. The van der Waals surface area contributed by atoms with Crippen molar-refractivity contribution in [3.05, 3.63) is 64.7 Å². The van der Waals surface area contributed by atoms with E-state index in [-0.39, 0.29) is 5.78 Å². The van der Waals surface area contributed by atoms with Crippen LogP contribution in [0.3, 0.4) is 0 Å². The summed E-state index contributed by atoms with van der Waals surface area (Å²) in [5.74, 6) is 1.63. The number of aryl methyl sites for hydroxylation is 1. The monoisotopic (exact) mass is 294 g/mol. The lowest BCUT2D eigenvalue weighted by Gasteiger charge is -2.18. The Kier molecular flexibility index (Phi) is 3.96. The van der Waals surface area contributed by atoms with E-state index in [4.69, 9.17) is 9.47 Å². The van der Waals surface area contributed by atoms with E-state index in [2.05, 4.69) is 0 Å². The van der Waals surface area contributed by atoms with Crippen LogP contribution < -0.4 is 9.47 Å². The Labute approximate surface area is 130 Å². The molecule has 0 aliphatic heterocycles. The third kappa shape index (κ3) is 2.75. The number of ether oxygens (including phenoxy) is 2. The van der Waals surface area contributed by atoms with Crippen molar-refractivity contribution in [2.75, 3.05) is 14.2 Å². The molecule has 0 atom stereocenters. The zero-order valence-electron chi connectivity index (χ0n) is 12.8. The van der Waals surface area contributed by atoms with Crippen molar-refractivity contribution in [1.82, 2.24) is 0 Å². The van der Waals surface area contributed by atoms with Crippen molar-refractivity contribution in [2.24, 2.45) is 0 Å². The van der Waals surface area contributed by atoms with Gasteiger partial charge >= 0.3 is 0 Å². The fraction of sp³-hybridized carbons (Fsp3) is 0.211. The molecule has 1 aliphatic carbocycles. The van der Waals surface area contributed by atoms with Gasteiger partial charge < -0.3 is 9.47 Å². The first-order valence-corrected chi connectivity index (χ1v) is 7.27. The van der Waals surface area contributed by atoms with Crippen LogP contribution in [-0.2, 0) is 6.42 Å². The number of rotatable bonds is 3. The fourth-order valence-corrected chi connectivity index (χ4v) is 2.71. The molecule has 0 radical (unpaired) electrons. The zero-order chi connectivity index (χ0) is 15.5. The number of ketones is 1. The number of hydrogen-bond donors (Lipinski definition) is 0. The predicted octanol–water partition coefficient (Wildman–Crippen LogP) is 3.92. The lowest BCUT2D eigenvalue weighted by molar-refractivity contribution is 0.102. The molecule has 3 heteroatoms. The van der Waals surface area contributed by atoms with Gasteiger partial charge in [0.25, 0.3) is 0 Å². The molecule has 112 valence electrons. The SMILES string of the molecule is COc1ccc(/C=C2/CCc3ccc(OC)cc3C2=O)cc1. The molecule has 3 rings (SSSR count). The van der Waals surface area contributed by atoms with Gasteiger partial charge in [0.05, 0.1) is 14.2 Å². The molecule has 0 saturated carbocycles. The normalized spacial score (nSPS) is 15.5. The number of fused-ring (bicyclic) bond motifs is 1. The number of benzene rings is 2. The Morgan fingerprint density at radius 3 is 2.27 bits per heavy atom. The van der Waals surface area contributed by atoms with Crippen molar-refractivity contribution >= 4 is 11.9 Å². The standard InChI is InChI=1S/C19H18O3/c1-21-16-8-3-13(4-9-16)11-15-6-5-14-7-10-17(22-2)12-18(14)19(15)20/h3-4,7-12H,5-6H2,1-2H3/b15-11-. The Morgan fingerprint density at radius 1 is 0.909 bits per heavy atom. The molecule has 0 amide bonds. The fourth-order valence-electron chi connectivity index (χ4n) is 2.71. The van der Waals surface area contributed by atoms with Gasteiger partial charge in [0, 0.05) is 11.1 Å². The first-order chi connectivity index (χ1) is 10.7. The molecule has 0 saturated heterocycles. The first kappa shape index (κ1) is 14.4. The molecule has 0 bridgehead atoms. The second-order valence-electron chi connectivity index (χ2n) is 5.29. The van der Waals surface area contributed by atoms with Crippen molar-refractivity contribution < 1.29 is 14.3 Å². The highest BCUT2D eigenvalue weighted by atomic mass is 16.5. The van der Waals surface area contributed by atoms with Gasteiger partial charge in [-0.2, -0.15) is 0 Å². The maximum Gasteiger partial charge on any atom is 0.189 e. The zero-order valence-corrected chi connectivity index (χ0v) is 12.8. The quantitative estimate of drug-likeness (QED) is 0.805. The molecule has 0 fully saturated rings. The second-order valence-corrected chi connectivity index (χ2v) is 5.29. The average molecular weight is 294 g/mol. The van der Waals surface area contributed by atoms with E-state index in [9.17, 15) is 4.79 Å². The Bertz CT molecular complexity index is 727.